The van der Waals surface area contributed by atoms with E-state index >= 15 is 0 Å². The highest BCUT2D eigenvalue weighted by atomic mass is 16.2. The van der Waals surface area contributed by atoms with E-state index in [-0.39, 0.29) is 18.0 Å². The second-order valence-corrected chi connectivity index (χ2v) is 9.54. The summed E-state index contributed by atoms with van der Waals surface area (Å²) in [5.74, 6) is 1.01. The first-order valence-corrected chi connectivity index (χ1v) is 12.1. The van der Waals surface area contributed by atoms with Crippen LogP contribution in [0, 0.1) is 6.92 Å². The normalized spacial score (nSPS) is 21.0. The minimum atomic E-state index is -0.0636. The largest absolute Gasteiger partial charge is 0.355 e. The summed E-state index contributed by atoms with van der Waals surface area (Å²) in [7, 11) is 0. The van der Waals surface area contributed by atoms with E-state index in [2.05, 4.69) is 16.8 Å². The Balaban J connectivity index is 1.33. The number of piperidine rings is 1. The molecule has 0 bridgehead atoms. The molecule has 1 aromatic carbocycles. The number of nitrogens with two attached hydrogens (primary N) is 1. The highest BCUT2D eigenvalue weighted by molar-refractivity contribution is 5.98. The van der Waals surface area contributed by atoms with Crippen LogP contribution in [0.15, 0.2) is 48.8 Å². The van der Waals surface area contributed by atoms with E-state index in [9.17, 15) is 4.79 Å². The summed E-state index contributed by atoms with van der Waals surface area (Å²) >= 11 is 0. The number of aromatic nitrogens is 4. The number of fused-ring (bicyclic) bond motifs is 2. The molecule has 0 radical (unpaired) electrons. The lowest BCUT2D eigenvalue weighted by Crippen LogP contribution is -2.38. The van der Waals surface area contributed by atoms with Gasteiger partial charge in [0.1, 0.15) is 5.82 Å². The standard InChI is InChI=1S/C26H29N7O/c1-17-15-33-24(29-25(17)31-12-9-20(27)16-31)14-22(30-33)23-6-2-3-11-32(23)26(34)19-8-7-18-5-4-10-28-21(18)13-19/h4-5,7-8,10,13-15,20,23H,2-3,6,9,11-12,16,27H2,1H3. The number of hydrogen-bond donors (Lipinski definition) is 1. The van der Waals surface area contributed by atoms with Crippen LogP contribution in [0.4, 0.5) is 5.82 Å². The molecule has 5 heterocycles. The number of hydrogen-bond acceptors (Lipinski definition) is 6. The van der Waals surface area contributed by atoms with Crippen molar-refractivity contribution in [3.8, 4) is 0 Å². The van der Waals surface area contributed by atoms with Gasteiger partial charge in [0.15, 0.2) is 5.65 Å². The average Bonchev–Trinajstić information content (AvgIpc) is 3.48. The first-order chi connectivity index (χ1) is 16.6. The predicted molar refractivity (Wildman–Crippen MR) is 132 cm³/mol. The maximum Gasteiger partial charge on any atom is 0.254 e. The third-order valence-corrected chi connectivity index (χ3v) is 7.11. The van der Waals surface area contributed by atoms with Gasteiger partial charge in [0.25, 0.3) is 5.91 Å². The van der Waals surface area contributed by atoms with E-state index < -0.39 is 0 Å². The van der Waals surface area contributed by atoms with Crippen LogP contribution in [0.5, 0.6) is 0 Å². The summed E-state index contributed by atoms with van der Waals surface area (Å²) in [4.78, 5) is 27.2. The minimum Gasteiger partial charge on any atom is -0.355 e. The fourth-order valence-electron chi connectivity index (χ4n) is 5.33. The highest BCUT2D eigenvalue weighted by Gasteiger charge is 2.31. The lowest BCUT2D eigenvalue weighted by Gasteiger charge is -2.34. The molecule has 34 heavy (non-hydrogen) atoms. The first-order valence-electron chi connectivity index (χ1n) is 12.1. The van der Waals surface area contributed by atoms with Crippen LogP contribution in [0.3, 0.4) is 0 Å². The number of pyridine rings is 1. The van der Waals surface area contributed by atoms with Gasteiger partial charge in [0.2, 0.25) is 0 Å². The average molecular weight is 456 g/mol. The van der Waals surface area contributed by atoms with Crippen molar-refractivity contribution in [1.29, 1.82) is 0 Å². The fraction of sp³-hybridized carbons (Fsp3) is 0.385. The molecule has 4 aromatic rings. The fourth-order valence-corrected chi connectivity index (χ4v) is 5.33. The van der Waals surface area contributed by atoms with Gasteiger partial charge < -0.3 is 15.5 Å². The second kappa shape index (κ2) is 8.36. The Hall–Kier alpha value is -3.52. The highest BCUT2D eigenvalue weighted by Crippen LogP contribution is 2.33. The topological polar surface area (TPSA) is 92.6 Å². The van der Waals surface area contributed by atoms with E-state index in [0.717, 1.165) is 78.9 Å². The van der Waals surface area contributed by atoms with Crippen LogP contribution in [0.2, 0.25) is 0 Å². The van der Waals surface area contributed by atoms with Gasteiger partial charge in [-0.2, -0.15) is 5.10 Å². The smallest absolute Gasteiger partial charge is 0.254 e. The Kier molecular flexibility index (Phi) is 5.17. The maximum absolute atomic E-state index is 13.6. The molecule has 1 amide bonds. The molecule has 2 unspecified atom stereocenters. The van der Waals surface area contributed by atoms with Crippen LogP contribution in [-0.2, 0) is 0 Å². The number of benzene rings is 1. The Morgan fingerprint density at radius 3 is 2.88 bits per heavy atom. The Morgan fingerprint density at radius 2 is 2.03 bits per heavy atom. The van der Waals surface area contributed by atoms with Crippen molar-refractivity contribution in [3.63, 3.8) is 0 Å². The summed E-state index contributed by atoms with van der Waals surface area (Å²) in [5, 5.41) is 5.89. The van der Waals surface area contributed by atoms with Crippen molar-refractivity contribution in [2.75, 3.05) is 24.5 Å². The third kappa shape index (κ3) is 3.68. The predicted octanol–water partition coefficient (Wildman–Crippen LogP) is 3.49. The Bertz CT molecular complexity index is 1380. The van der Waals surface area contributed by atoms with E-state index in [0.29, 0.717) is 5.56 Å². The van der Waals surface area contributed by atoms with Gasteiger partial charge >= 0.3 is 0 Å². The number of anilines is 1. The molecular formula is C26H29N7O. The maximum atomic E-state index is 13.6. The van der Waals surface area contributed by atoms with Gasteiger partial charge in [-0.05, 0) is 50.8 Å². The van der Waals surface area contributed by atoms with Crippen LogP contribution in [0.1, 0.15) is 53.3 Å². The molecule has 8 heteroatoms. The number of carbonyl (C=O) groups is 1. The van der Waals surface area contributed by atoms with Crippen molar-refractivity contribution in [3.05, 3.63) is 65.6 Å². The first kappa shape index (κ1) is 21.0. The van der Waals surface area contributed by atoms with Gasteiger partial charge in [-0.15, -0.1) is 0 Å². The molecule has 3 aromatic heterocycles. The van der Waals surface area contributed by atoms with Crippen molar-refractivity contribution >= 4 is 28.3 Å². The molecule has 0 saturated carbocycles. The van der Waals surface area contributed by atoms with E-state index in [1.54, 1.807) is 6.20 Å². The van der Waals surface area contributed by atoms with Gasteiger partial charge in [0.05, 0.1) is 17.3 Å². The van der Waals surface area contributed by atoms with Gasteiger partial charge in [-0.25, -0.2) is 9.50 Å². The Labute approximate surface area is 198 Å². The van der Waals surface area contributed by atoms with Crippen LogP contribution in [0.25, 0.3) is 16.6 Å². The van der Waals surface area contributed by atoms with Crippen LogP contribution in [-0.4, -0.2) is 56.1 Å². The van der Waals surface area contributed by atoms with E-state index in [1.165, 1.54) is 0 Å². The number of nitrogens with zero attached hydrogens (tertiary/aromatic N) is 6. The molecular weight excluding hydrogens is 426 g/mol. The van der Waals surface area contributed by atoms with E-state index in [1.807, 2.05) is 52.0 Å². The van der Waals surface area contributed by atoms with Crippen LogP contribution < -0.4 is 10.6 Å². The molecule has 8 nitrogen and oxygen atoms in total. The van der Waals surface area contributed by atoms with Crippen molar-refractivity contribution in [1.82, 2.24) is 24.5 Å². The molecule has 2 saturated heterocycles. The summed E-state index contributed by atoms with van der Waals surface area (Å²) in [6.45, 7) is 4.55. The summed E-state index contributed by atoms with van der Waals surface area (Å²) in [6, 6.07) is 11.9. The molecule has 0 spiro atoms. The number of carbonyl (C=O) groups excluding carboxylic acids is 1. The Morgan fingerprint density at radius 1 is 1.12 bits per heavy atom. The number of aryl methyl sites for hydroxylation is 1. The zero-order valence-electron chi connectivity index (χ0n) is 19.4. The quantitative estimate of drug-likeness (QED) is 0.508. The summed E-state index contributed by atoms with van der Waals surface area (Å²) in [6.07, 6.45) is 7.75. The van der Waals surface area contributed by atoms with Crippen molar-refractivity contribution < 1.29 is 4.79 Å². The molecule has 2 atom stereocenters. The SMILES string of the molecule is Cc1cn2nc(C3CCCCN3C(=O)c3ccc4cccnc4c3)cc2nc1N1CCC(N)C1. The lowest BCUT2D eigenvalue weighted by atomic mass is 9.98. The monoisotopic (exact) mass is 455 g/mol. The van der Waals surface area contributed by atoms with Gasteiger partial charge in [-0.1, -0.05) is 12.1 Å². The second-order valence-electron chi connectivity index (χ2n) is 9.54. The van der Waals surface area contributed by atoms with E-state index in [4.69, 9.17) is 15.8 Å². The molecule has 2 N–H and O–H groups in total. The third-order valence-electron chi connectivity index (χ3n) is 7.11. The van der Waals surface area contributed by atoms with Gasteiger partial charge in [-0.3, -0.25) is 9.78 Å². The number of likely N-dealkylation sites (tertiary alicyclic amines) is 1. The summed E-state index contributed by atoms with van der Waals surface area (Å²) < 4.78 is 1.85. The molecule has 2 aliphatic heterocycles. The zero-order valence-corrected chi connectivity index (χ0v) is 19.4. The van der Waals surface area contributed by atoms with Gasteiger partial charge in [0, 0.05) is 60.6 Å². The lowest BCUT2D eigenvalue weighted by molar-refractivity contribution is 0.0606. The molecule has 6 rings (SSSR count). The molecule has 0 aliphatic carbocycles. The summed E-state index contributed by atoms with van der Waals surface area (Å²) in [5.41, 5.74) is 10.4. The number of amides is 1. The van der Waals surface area contributed by atoms with Crippen molar-refractivity contribution in [2.45, 2.75) is 44.7 Å². The van der Waals surface area contributed by atoms with Crippen LogP contribution >= 0.6 is 0 Å². The molecule has 2 aliphatic rings. The molecule has 2 fully saturated rings. The van der Waals surface area contributed by atoms with Crippen molar-refractivity contribution in [2.24, 2.45) is 5.73 Å². The molecule has 174 valence electrons. The number of rotatable bonds is 3. The zero-order chi connectivity index (χ0) is 23.2. The minimum absolute atomic E-state index is 0.0326.